The van der Waals surface area contributed by atoms with Crippen LogP contribution < -0.4 is 9.64 Å². The Labute approximate surface area is 126 Å². The molecule has 1 radical (unpaired) electrons. The van der Waals surface area contributed by atoms with Crippen molar-refractivity contribution in [1.82, 2.24) is 4.90 Å². The topological polar surface area (TPSA) is 42.0 Å². The van der Waals surface area contributed by atoms with E-state index in [0.717, 1.165) is 24.5 Å². The van der Waals surface area contributed by atoms with E-state index in [4.69, 9.17) is 9.47 Å². The number of hydrogen-bond donors (Lipinski definition) is 0. The largest absolute Gasteiger partial charge is 0.490 e. The summed E-state index contributed by atoms with van der Waals surface area (Å²) in [5.74, 6) is 0.742. The van der Waals surface area contributed by atoms with Gasteiger partial charge in [-0.05, 0) is 45.0 Å². The molecule has 1 fully saturated rings. The standard InChI is InChI=1S/C16H23N2O3/c1-16(2,3)21-15(19)18-11-9-17(10-12-18)13-5-7-14(20-4)8-6-13/h5-8H,4,9-12H2,1-3H3. The molecule has 0 unspecified atom stereocenters. The Kier molecular flexibility index (Phi) is 4.60. The summed E-state index contributed by atoms with van der Waals surface area (Å²) in [6, 6.07) is 7.79. The van der Waals surface area contributed by atoms with E-state index in [1.807, 2.05) is 45.0 Å². The first-order chi connectivity index (χ1) is 9.89. The molecule has 1 saturated heterocycles. The predicted molar refractivity (Wildman–Crippen MR) is 82.4 cm³/mol. The summed E-state index contributed by atoms with van der Waals surface area (Å²) in [5.41, 5.74) is 0.678. The lowest BCUT2D eigenvalue weighted by Crippen LogP contribution is -2.50. The van der Waals surface area contributed by atoms with Gasteiger partial charge in [-0.25, -0.2) is 4.79 Å². The van der Waals surface area contributed by atoms with Crippen LogP contribution in [0.3, 0.4) is 0 Å². The number of rotatable bonds is 2. The summed E-state index contributed by atoms with van der Waals surface area (Å²) in [4.78, 5) is 16.0. The first kappa shape index (κ1) is 15.5. The van der Waals surface area contributed by atoms with Crippen LogP contribution in [-0.2, 0) is 4.74 Å². The number of benzene rings is 1. The van der Waals surface area contributed by atoms with Crippen molar-refractivity contribution in [2.45, 2.75) is 26.4 Å². The summed E-state index contributed by atoms with van der Waals surface area (Å²) < 4.78 is 10.3. The number of ether oxygens (including phenoxy) is 2. The zero-order chi connectivity index (χ0) is 15.5. The minimum Gasteiger partial charge on any atom is -0.490 e. The van der Waals surface area contributed by atoms with Crippen molar-refractivity contribution in [3.05, 3.63) is 31.4 Å². The average molecular weight is 291 g/mol. The Hall–Kier alpha value is -1.91. The summed E-state index contributed by atoms with van der Waals surface area (Å²) >= 11 is 0. The van der Waals surface area contributed by atoms with E-state index in [9.17, 15) is 4.79 Å². The van der Waals surface area contributed by atoms with E-state index in [-0.39, 0.29) is 6.09 Å². The van der Waals surface area contributed by atoms with Gasteiger partial charge in [0.1, 0.15) is 18.5 Å². The Morgan fingerprint density at radius 3 is 2.14 bits per heavy atom. The van der Waals surface area contributed by atoms with Crippen LogP contribution in [0.5, 0.6) is 5.75 Å². The molecule has 1 heterocycles. The van der Waals surface area contributed by atoms with E-state index in [1.165, 1.54) is 0 Å². The van der Waals surface area contributed by atoms with Crippen LogP contribution >= 0.6 is 0 Å². The first-order valence-electron chi connectivity index (χ1n) is 7.14. The van der Waals surface area contributed by atoms with Crippen LogP contribution in [0.2, 0.25) is 0 Å². The van der Waals surface area contributed by atoms with Crippen molar-refractivity contribution in [3.8, 4) is 5.75 Å². The smallest absolute Gasteiger partial charge is 0.410 e. The molecule has 0 atom stereocenters. The van der Waals surface area contributed by atoms with Crippen LogP contribution in [0.4, 0.5) is 10.5 Å². The molecule has 0 spiro atoms. The lowest BCUT2D eigenvalue weighted by Gasteiger charge is -2.36. The molecule has 1 aromatic rings. The van der Waals surface area contributed by atoms with Crippen molar-refractivity contribution in [1.29, 1.82) is 0 Å². The molecule has 5 nitrogen and oxygen atoms in total. The Morgan fingerprint density at radius 2 is 1.67 bits per heavy atom. The van der Waals surface area contributed by atoms with Gasteiger partial charge in [0, 0.05) is 31.9 Å². The lowest BCUT2D eigenvalue weighted by molar-refractivity contribution is 0.0240. The van der Waals surface area contributed by atoms with E-state index in [2.05, 4.69) is 12.0 Å². The second-order valence-electron chi connectivity index (χ2n) is 6.09. The van der Waals surface area contributed by atoms with E-state index >= 15 is 0 Å². The SMILES string of the molecule is [CH2]Oc1ccc(N2CCN(C(=O)OC(C)(C)C)CC2)cc1. The van der Waals surface area contributed by atoms with Gasteiger partial charge in [-0.2, -0.15) is 0 Å². The summed E-state index contributed by atoms with van der Waals surface area (Å²) in [6.45, 7) is 8.58. The highest BCUT2D eigenvalue weighted by Gasteiger charge is 2.25. The van der Waals surface area contributed by atoms with Gasteiger partial charge in [-0.1, -0.05) is 0 Å². The normalized spacial score (nSPS) is 15.8. The number of anilines is 1. The third-order valence-electron chi connectivity index (χ3n) is 3.30. The molecular weight excluding hydrogens is 268 g/mol. The maximum absolute atomic E-state index is 12.0. The Balaban J connectivity index is 1.89. The van der Waals surface area contributed by atoms with Crippen molar-refractivity contribution < 1.29 is 14.3 Å². The molecule has 0 aliphatic carbocycles. The second kappa shape index (κ2) is 6.24. The minimum absolute atomic E-state index is 0.233. The fraction of sp³-hybridized carbons (Fsp3) is 0.500. The van der Waals surface area contributed by atoms with Crippen molar-refractivity contribution >= 4 is 11.8 Å². The van der Waals surface area contributed by atoms with E-state index < -0.39 is 5.60 Å². The monoisotopic (exact) mass is 291 g/mol. The highest BCUT2D eigenvalue weighted by Crippen LogP contribution is 2.21. The van der Waals surface area contributed by atoms with Gasteiger partial charge in [0.15, 0.2) is 0 Å². The molecule has 5 heteroatoms. The predicted octanol–water partition coefficient (Wildman–Crippen LogP) is 2.91. The quantitative estimate of drug-likeness (QED) is 0.840. The van der Waals surface area contributed by atoms with E-state index in [0.29, 0.717) is 13.1 Å². The Bertz CT molecular complexity index is 471. The molecule has 1 amide bonds. The third kappa shape index (κ3) is 4.28. The number of piperazine rings is 1. The third-order valence-corrected chi connectivity index (χ3v) is 3.30. The number of carbonyl (C=O) groups is 1. The fourth-order valence-electron chi connectivity index (χ4n) is 2.23. The van der Waals surface area contributed by atoms with Crippen LogP contribution in [0.25, 0.3) is 0 Å². The Morgan fingerprint density at radius 1 is 1.10 bits per heavy atom. The average Bonchev–Trinajstić information content (AvgIpc) is 2.46. The van der Waals surface area contributed by atoms with Gasteiger partial charge < -0.3 is 19.3 Å². The van der Waals surface area contributed by atoms with Gasteiger partial charge in [0.25, 0.3) is 0 Å². The molecule has 0 N–H and O–H groups in total. The van der Waals surface area contributed by atoms with Crippen LogP contribution in [0.15, 0.2) is 24.3 Å². The molecule has 2 rings (SSSR count). The maximum Gasteiger partial charge on any atom is 0.410 e. The molecule has 1 aliphatic heterocycles. The van der Waals surface area contributed by atoms with Crippen LogP contribution in [0.1, 0.15) is 20.8 Å². The fourth-order valence-corrected chi connectivity index (χ4v) is 2.23. The number of amides is 1. The van der Waals surface area contributed by atoms with Gasteiger partial charge >= 0.3 is 6.09 Å². The van der Waals surface area contributed by atoms with Crippen LogP contribution in [-0.4, -0.2) is 42.8 Å². The van der Waals surface area contributed by atoms with Crippen LogP contribution in [0, 0.1) is 7.11 Å². The lowest BCUT2D eigenvalue weighted by atomic mass is 10.2. The molecule has 21 heavy (non-hydrogen) atoms. The highest BCUT2D eigenvalue weighted by atomic mass is 16.6. The van der Waals surface area contributed by atoms with Gasteiger partial charge in [0.05, 0.1) is 0 Å². The number of hydrogen-bond acceptors (Lipinski definition) is 4. The molecule has 1 aromatic carbocycles. The number of carbonyl (C=O) groups excluding carboxylic acids is 1. The second-order valence-corrected chi connectivity index (χ2v) is 6.09. The molecule has 0 aromatic heterocycles. The number of nitrogens with zero attached hydrogens (tertiary/aromatic N) is 2. The van der Waals surface area contributed by atoms with Crippen molar-refractivity contribution in [2.75, 3.05) is 31.1 Å². The van der Waals surface area contributed by atoms with Gasteiger partial charge in [-0.15, -0.1) is 0 Å². The zero-order valence-corrected chi connectivity index (χ0v) is 13.0. The zero-order valence-electron chi connectivity index (χ0n) is 13.0. The van der Waals surface area contributed by atoms with Crippen molar-refractivity contribution in [2.24, 2.45) is 0 Å². The molecule has 0 saturated carbocycles. The van der Waals surface area contributed by atoms with Gasteiger partial charge in [-0.3, -0.25) is 0 Å². The van der Waals surface area contributed by atoms with Crippen molar-refractivity contribution in [3.63, 3.8) is 0 Å². The molecular formula is C16H23N2O3. The van der Waals surface area contributed by atoms with E-state index in [1.54, 1.807) is 4.90 Å². The highest BCUT2D eigenvalue weighted by molar-refractivity contribution is 5.68. The summed E-state index contributed by atoms with van der Waals surface area (Å²) in [7, 11) is 3.38. The first-order valence-corrected chi connectivity index (χ1v) is 7.14. The summed E-state index contributed by atoms with van der Waals surface area (Å²) in [5, 5.41) is 0. The molecule has 0 bridgehead atoms. The molecule has 115 valence electrons. The maximum atomic E-state index is 12.0. The summed E-state index contributed by atoms with van der Waals surface area (Å²) in [6.07, 6.45) is -0.233. The molecule has 1 aliphatic rings. The van der Waals surface area contributed by atoms with Gasteiger partial charge in [0.2, 0.25) is 0 Å². The minimum atomic E-state index is -0.446.